The van der Waals surface area contributed by atoms with Gasteiger partial charge in [0, 0.05) is 11.4 Å². The van der Waals surface area contributed by atoms with E-state index in [2.05, 4.69) is 29.6 Å². The zero-order valence-corrected chi connectivity index (χ0v) is 17.1. The fourth-order valence-corrected chi connectivity index (χ4v) is 3.99. The Morgan fingerprint density at radius 3 is 2.59 bits per heavy atom. The molecule has 0 radical (unpaired) electrons. The zero-order valence-electron chi connectivity index (χ0n) is 16.2. The average molecular weight is 406 g/mol. The van der Waals surface area contributed by atoms with E-state index in [1.165, 1.54) is 0 Å². The lowest BCUT2D eigenvalue weighted by Gasteiger charge is -2.25. The minimum absolute atomic E-state index is 0.0735. The van der Waals surface area contributed by atoms with Crippen LogP contribution in [0, 0.1) is 11.3 Å². The second-order valence-electron chi connectivity index (χ2n) is 6.37. The first-order valence-electron chi connectivity index (χ1n) is 9.36. The van der Waals surface area contributed by atoms with E-state index in [1.54, 1.807) is 23.3 Å². The van der Waals surface area contributed by atoms with Crippen molar-refractivity contribution in [2.45, 2.75) is 12.5 Å². The van der Waals surface area contributed by atoms with E-state index in [1.807, 2.05) is 53.9 Å². The van der Waals surface area contributed by atoms with Crippen LogP contribution >= 0.6 is 11.3 Å². The molecule has 0 aliphatic rings. The normalized spacial score (nSPS) is 11.4. The van der Waals surface area contributed by atoms with Gasteiger partial charge in [0.1, 0.15) is 5.75 Å². The van der Waals surface area contributed by atoms with Crippen molar-refractivity contribution in [1.29, 1.82) is 5.26 Å². The number of hydrogen-bond donors (Lipinski definition) is 1. The largest absolute Gasteiger partial charge is 0.495 e. The molecular formula is C23H23N3O2S. The van der Waals surface area contributed by atoms with Gasteiger partial charge < -0.3 is 9.64 Å². The molecule has 6 heteroatoms. The molecular weight excluding hydrogens is 382 g/mol. The van der Waals surface area contributed by atoms with Gasteiger partial charge in [0.05, 0.1) is 37.9 Å². The summed E-state index contributed by atoms with van der Waals surface area (Å²) in [5, 5.41) is 14.5. The van der Waals surface area contributed by atoms with Crippen LogP contribution in [0.15, 0.2) is 72.1 Å². The summed E-state index contributed by atoms with van der Waals surface area (Å²) in [5.41, 5.74) is 1.77. The predicted octanol–water partition coefficient (Wildman–Crippen LogP) is 4.38. The Morgan fingerprint density at radius 1 is 1.14 bits per heavy atom. The number of carbonyl (C=O) groups excluding carboxylic acids is 1. The van der Waals surface area contributed by atoms with Crippen molar-refractivity contribution >= 4 is 22.9 Å². The zero-order chi connectivity index (χ0) is 20.5. The van der Waals surface area contributed by atoms with Crippen molar-refractivity contribution in [2.75, 3.05) is 25.1 Å². The maximum absolute atomic E-state index is 13.1. The molecule has 1 atom stereocenters. The van der Waals surface area contributed by atoms with Gasteiger partial charge in [-0.25, -0.2) is 0 Å². The highest BCUT2D eigenvalue weighted by Gasteiger charge is 2.21. The third kappa shape index (κ3) is 5.23. The van der Waals surface area contributed by atoms with Crippen LogP contribution in [0.2, 0.25) is 0 Å². The molecule has 1 N–H and O–H groups in total. The summed E-state index contributed by atoms with van der Waals surface area (Å²) in [5.74, 6) is 0.499. The van der Waals surface area contributed by atoms with Crippen LogP contribution in [-0.4, -0.2) is 26.1 Å². The van der Waals surface area contributed by atoms with Gasteiger partial charge >= 0.3 is 0 Å². The smallest absolute Gasteiger partial charge is 0.241 e. The Hall–Kier alpha value is -3.14. The number of nitrogens with one attached hydrogen (secondary N) is 1. The lowest BCUT2D eigenvalue weighted by atomic mass is 10.1. The van der Waals surface area contributed by atoms with Crippen molar-refractivity contribution in [2.24, 2.45) is 0 Å². The van der Waals surface area contributed by atoms with Gasteiger partial charge in [-0.05, 0) is 29.1 Å². The average Bonchev–Trinajstić information content (AvgIpc) is 3.30. The summed E-state index contributed by atoms with van der Waals surface area (Å²) >= 11 is 1.65. The molecule has 1 amide bonds. The molecule has 0 unspecified atom stereocenters. The molecule has 2 aromatic carbocycles. The molecule has 0 spiro atoms. The number of benzene rings is 2. The second kappa shape index (κ2) is 10.4. The van der Waals surface area contributed by atoms with Gasteiger partial charge in [0.25, 0.3) is 0 Å². The molecule has 0 bridgehead atoms. The van der Waals surface area contributed by atoms with E-state index in [0.29, 0.717) is 18.0 Å². The van der Waals surface area contributed by atoms with Crippen molar-refractivity contribution in [3.05, 3.63) is 82.6 Å². The minimum atomic E-state index is -0.109. The molecule has 0 fully saturated rings. The molecule has 3 rings (SSSR count). The third-order valence-corrected chi connectivity index (χ3v) is 5.48. The lowest BCUT2D eigenvalue weighted by Crippen LogP contribution is -2.40. The number of para-hydroxylation sites is 2. The Labute approximate surface area is 175 Å². The number of ether oxygens (including phenoxy) is 1. The summed E-state index contributed by atoms with van der Waals surface area (Å²) < 4.78 is 5.41. The number of hydrogen-bond acceptors (Lipinski definition) is 5. The molecule has 1 aromatic heterocycles. The molecule has 1 heterocycles. The van der Waals surface area contributed by atoms with Crippen LogP contribution in [0.5, 0.6) is 5.75 Å². The first-order chi connectivity index (χ1) is 14.2. The molecule has 0 aliphatic carbocycles. The van der Waals surface area contributed by atoms with Gasteiger partial charge in [0.15, 0.2) is 0 Å². The van der Waals surface area contributed by atoms with Gasteiger partial charge in [-0.15, -0.1) is 11.3 Å². The molecule has 148 valence electrons. The van der Waals surface area contributed by atoms with Gasteiger partial charge in [-0.1, -0.05) is 48.5 Å². The highest BCUT2D eigenvalue weighted by molar-refractivity contribution is 7.10. The summed E-state index contributed by atoms with van der Waals surface area (Å²) in [6.45, 7) is 0.452. The van der Waals surface area contributed by atoms with Gasteiger partial charge in [-0.2, -0.15) is 5.26 Å². The Bertz CT molecular complexity index is 952. The summed E-state index contributed by atoms with van der Waals surface area (Å²) in [7, 11) is 1.58. The standard InChI is InChI=1S/C23H23N3O2S/c1-28-20-12-6-5-11-19(20)26(15-8-14-24)22(27)17-25-23(21-13-7-16-29-21)18-9-3-2-4-10-18/h2-7,9-13,16,23,25H,8,15,17H2,1H3/t23-/m0/s1. The van der Waals surface area contributed by atoms with E-state index in [4.69, 9.17) is 10.00 Å². The maximum atomic E-state index is 13.1. The Balaban J connectivity index is 1.80. The molecule has 29 heavy (non-hydrogen) atoms. The fraction of sp³-hybridized carbons (Fsp3) is 0.217. The maximum Gasteiger partial charge on any atom is 0.241 e. The number of nitriles is 1. The summed E-state index contributed by atoms with van der Waals surface area (Å²) in [6, 6.07) is 23.5. The van der Waals surface area contributed by atoms with E-state index in [9.17, 15) is 4.79 Å². The molecule has 0 saturated heterocycles. The highest BCUT2D eigenvalue weighted by Crippen LogP contribution is 2.29. The van der Waals surface area contributed by atoms with Crippen LogP contribution in [0.1, 0.15) is 22.9 Å². The van der Waals surface area contributed by atoms with Gasteiger partial charge in [-0.3, -0.25) is 10.1 Å². The molecule has 0 aliphatic heterocycles. The van der Waals surface area contributed by atoms with Crippen LogP contribution < -0.4 is 15.0 Å². The molecule has 0 saturated carbocycles. The first kappa shape index (κ1) is 20.6. The van der Waals surface area contributed by atoms with Crippen LogP contribution in [0.3, 0.4) is 0 Å². The van der Waals surface area contributed by atoms with E-state index in [0.717, 1.165) is 10.4 Å². The summed E-state index contributed by atoms with van der Waals surface area (Å²) in [4.78, 5) is 15.9. The molecule has 5 nitrogen and oxygen atoms in total. The van der Waals surface area contributed by atoms with Crippen LogP contribution in [0.4, 0.5) is 5.69 Å². The van der Waals surface area contributed by atoms with Crippen molar-refractivity contribution < 1.29 is 9.53 Å². The lowest BCUT2D eigenvalue weighted by molar-refractivity contribution is -0.117. The third-order valence-electron chi connectivity index (χ3n) is 4.54. The fourth-order valence-electron chi connectivity index (χ4n) is 3.16. The number of nitrogens with zero attached hydrogens (tertiary/aromatic N) is 2. The second-order valence-corrected chi connectivity index (χ2v) is 7.34. The monoisotopic (exact) mass is 405 g/mol. The van der Waals surface area contributed by atoms with Crippen molar-refractivity contribution in [3.63, 3.8) is 0 Å². The molecule has 3 aromatic rings. The number of carbonyl (C=O) groups is 1. The predicted molar refractivity (Wildman–Crippen MR) is 116 cm³/mol. The van der Waals surface area contributed by atoms with Crippen LogP contribution in [-0.2, 0) is 4.79 Å². The van der Waals surface area contributed by atoms with E-state index < -0.39 is 0 Å². The van der Waals surface area contributed by atoms with E-state index in [-0.39, 0.29) is 24.9 Å². The number of rotatable bonds is 9. The summed E-state index contributed by atoms with van der Waals surface area (Å²) in [6.07, 6.45) is 0.247. The number of anilines is 1. The van der Waals surface area contributed by atoms with Crippen LogP contribution in [0.25, 0.3) is 0 Å². The first-order valence-corrected chi connectivity index (χ1v) is 10.2. The SMILES string of the molecule is COc1ccccc1N(CCC#N)C(=O)CN[C@@H](c1ccccc1)c1cccs1. The van der Waals surface area contributed by atoms with E-state index >= 15 is 0 Å². The van der Waals surface area contributed by atoms with Crippen molar-refractivity contribution in [3.8, 4) is 11.8 Å². The number of thiophene rings is 1. The quantitative estimate of drug-likeness (QED) is 0.574. The number of methoxy groups -OCH3 is 1. The highest BCUT2D eigenvalue weighted by atomic mass is 32.1. The van der Waals surface area contributed by atoms with Gasteiger partial charge in [0.2, 0.25) is 5.91 Å². The topological polar surface area (TPSA) is 65.4 Å². The number of amides is 1. The van der Waals surface area contributed by atoms with Crippen molar-refractivity contribution in [1.82, 2.24) is 5.32 Å². The Kier molecular flexibility index (Phi) is 7.40. The minimum Gasteiger partial charge on any atom is -0.495 e. The Morgan fingerprint density at radius 2 is 1.90 bits per heavy atom.